The summed E-state index contributed by atoms with van der Waals surface area (Å²) in [4.78, 5) is 16.9. The van der Waals surface area contributed by atoms with Crippen molar-refractivity contribution in [2.24, 2.45) is 5.73 Å². The Labute approximate surface area is 110 Å². The summed E-state index contributed by atoms with van der Waals surface area (Å²) in [6.45, 7) is -0.521. The number of amides is 1. The summed E-state index contributed by atoms with van der Waals surface area (Å²) < 4.78 is 23.7. The van der Waals surface area contributed by atoms with E-state index >= 15 is 0 Å². The lowest BCUT2D eigenvalue weighted by Crippen LogP contribution is -2.29. The Morgan fingerprint density at radius 1 is 1.16 bits per heavy atom. The summed E-state index contributed by atoms with van der Waals surface area (Å²) in [6.07, 6.45) is 0. The molecule has 2 aromatic carbocycles. The smallest absolute Gasteiger partial charge is 0.262 e. The molecule has 0 fully saturated rings. The van der Waals surface area contributed by atoms with Crippen LogP contribution in [0.1, 0.15) is 0 Å². The minimum atomic E-state index is -3.83. The van der Waals surface area contributed by atoms with Crippen LogP contribution in [-0.2, 0) is 19.7 Å². The first-order valence-corrected chi connectivity index (χ1v) is 6.88. The van der Waals surface area contributed by atoms with Crippen LogP contribution in [-0.4, -0.2) is 20.9 Å². The van der Waals surface area contributed by atoms with Crippen LogP contribution in [0.25, 0.3) is 10.8 Å². The largest absolute Gasteiger partial charge is 0.368 e. The molecule has 0 atom stereocenters. The van der Waals surface area contributed by atoms with Crippen molar-refractivity contribution < 1.29 is 18.0 Å². The van der Waals surface area contributed by atoms with Crippen LogP contribution in [0.4, 0.5) is 0 Å². The second kappa shape index (κ2) is 5.35. The average Bonchev–Trinajstić information content (AvgIpc) is 2.37. The van der Waals surface area contributed by atoms with Gasteiger partial charge in [0.2, 0.25) is 5.91 Å². The van der Waals surface area contributed by atoms with Gasteiger partial charge in [-0.25, -0.2) is 8.42 Å². The number of hydrogen-bond donors (Lipinski definition) is 2. The monoisotopic (exact) mass is 280 g/mol. The molecule has 7 heteroatoms. The standard InChI is InChI=1S/C12H12N2O4S/c13-12(15)8-18-14-19(16,17)11-6-5-9-3-1-2-4-10(9)7-11/h1-7,14H,8H2,(H2,13,15). The summed E-state index contributed by atoms with van der Waals surface area (Å²) in [5.41, 5.74) is 4.84. The Morgan fingerprint density at radius 2 is 1.84 bits per heavy atom. The summed E-state index contributed by atoms with van der Waals surface area (Å²) in [5, 5.41) is 1.72. The number of carbonyl (C=O) groups excluding carboxylic acids is 1. The molecule has 0 aliphatic heterocycles. The summed E-state index contributed by atoms with van der Waals surface area (Å²) >= 11 is 0. The Balaban J connectivity index is 2.25. The molecule has 0 heterocycles. The average molecular weight is 280 g/mol. The zero-order chi connectivity index (χ0) is 13.9. The summed E-state index contributed by atoms with van der Waals surface area (Å²) in [6, 6.07) is 12.0. The Morgan fingerprint density at radius 3 is 2.53 bits per heavy atom. The molecule has 1 amide bonds. The quantitative estimate of drug-likeness (QED) is 0.781. The molecule has 0 unspecified atom stereocenters. The van der Waals surface area contributed by atoms with Crippen LogP contribution in [0.15, 0.2) is 47.4 Å². The van der Waals surface area contributed by atoms with Crippen LogP contribution in [0.3, 0.4) is 0 Å². The highest BCUT2D eigenvalue weighted by molar-refractivity contribution is 7.89. The predicted octanol–water partition coefficient (Wildman–Crippen LogP) is 0.535. The third-order valence-electron chi connectivity index (χ3n) is 2.41. The number of sulfonamides is 1. The molecule has 0 aromatic heterocycles. The van der Waals surface area contributed by atoms with Crippen LogP contribution in [0.5, 0.6) is 0 Å². The molecule has 2 rings (SSSR count). The molecule has 0 bridgehead atoms. The molecular formula is C12H12N2O4S. The van der Waals surface area contributed by atoms with E-state index in [4.69, 9.17) is 5.73 Å². The van der Waals surface area contributed by atoms with E-state index in [1.165, 1.54) is 12.1 Å². The predicted molar refractivity (Wildman–Crippen MR) is 69.4 cm³/mol. The lowest BCUT2D eigenvalue weighted by Gasteiger charge is -2.07. The van der Waals surface area contributed by atoms with Gasteiger partial charge in [-0.1, -0.05) is 35.2 Å². The molecular weight excluding hydrogens is 268 g/mol. The van der Waals surface area contributed by atoms with Crippen molar-refractivity contribution in [3.8, 4) is 0 Å². The molecule has 3 N–H and O–H groups in total. The van der Waals surface area contributed by atoms with E-state index in [9.17, 15) is 13.2 Å². The lowest BCUT2D eigenvalue weighted by atomic mass is 10.1. The second-order valence-electron chi connectivity index (χ2n) is 3.85. The van der Waals surface area contributed by atoms with Gasteiger partial charge in [-0.2, -0.15) is 0 Å². The second-order valence-corrected chi connectivity index (χ2v) is 5.50. The molecule has 6 nitrogen and oxygen atoms in total. The number of nitrogens with two attached hydrogens (primary N) is 1. The molecule has 0 spiro atoms. The molecule has 0 saturated heterocycles. The number of hydrogen-bond acceptors (Lipinski definition) is 4. The Kier molecular flexibility index (Phi) is 3.79. The third kappa shape index (κ3) is 3.28. The zero-order valence-corrected chi connectivity index (χ0v) is 10.7. The zero-order valence-electron chi connectivity index (χ0n) is 9.87. The molecule has 0 saturated carbocycles. The number of carbonyl (C=O) groups is 1. The number of rotatable bonds is 5. The highest BCUT2D eigenvalue weighted by Gasteiger charge is 2.14. The first kappa shape index (κ1) is 13.5. The fourth-order valence-electron chi connectivity index (χ4n) is 1.56. The molecule has 0 aliphatic rings. The minimum absolute atomic E-state index is 0.0515. The van der Waals surface area contributed by atoms with Gasteiger partial charge in [-0.3, -0.25) is 9.63 Å². The van der Waals surface area contributed by atoms with E-state index < -0.39 is 22.5 Å². The normalized spacial score (nSPS) is 11.6. The van der Waals surface area contributed by atoms with E-state index in [0.717, 1.165) is 10.8 Å². The number of primary amides is 1. The third-order valence-corrected chi connectivity index (χ3v) is 3.63. The maximum atomic E-state index is 11.9. The first-order chi connectivity index (χ1) is 8.99. The fourth-order valence-corrected chi connectivity index (χ4v) is 2.40. The number of fused-ring (bicyclic) bond motifs is 1. The maximum Gasteiger partial charge on any atom is 0.262 e. The van der Waals surface area contributed by atoms with Gasteiger partial charge in [0, 0.05) is 0 Å². The van der Waals surface area contributed by atoms with Gasteiger partial charge in [0.15, 0.2) is 0 Å². The van der Waals surface area contributed by atoms with Gasteiger partial charge >= 0.3 is 0 Å². The molecule has 2 aromatic rings. The topological polar surface area (TPSA) is 98.5 Å². The first-order valence-electron chi connectivity index (χ1n) is 5.40. The van der Waals surface area contributed by atoms with E-state index in [1.54, 1.807) is 12.1 Å². The highest BCUT2D eigenvalue weighted by Crippen LogP contribution is 2.18. The van der Waals surface area contributed by atoms with Gasteiger partial charge in [0.25, 0.3) is 10.0 Å². The van der Waals surface area contributed by atoms with Crippen LogP contribution >= 0.6 is 0 Å². The van der Waals surface area contributed by atoms with E-state index in [0.29, 0.717) is 0 Å². The van der Waals surface area contributed by atoms with Gasteiger partial charge in [0.1, 0.15) is 6.61 Å². The van der Waals surface area contributed by atoms with Crippen molar-refractivity contribution in [3.05, 3.63) is 42.5 Å². The molecule has 100 valence electrons. The van der Waals surface area contributed by atoms with Crippen LogP contribution in [0, 0.1) is 0 Å². The van der Waals surface area contributed by atoms with Gasteiger partial charge in [0.05, 0.1) is 4.90 Å². The SMILES string of the molecule is NC(=O)CONS(=O)(=O)c1ccc2ccccc2c1. The van der Waals surface area contributed by atoms with Crippen molar-refractivity contribution in [1.82, 2.24) is 4.89 Å². The van der Waals surface area contributed by atoms with Crippen molar-refractivity contribution in [1.29, 1.82) is 0 Å². The van der Waals surface area contributed by atoms with E-state index in [-0.39, 0.29) is 4.90 Å². The Hall–Kier alpha value is -1.96. The molecule has 19 heavy (non-hydrogen) atoms. The summed E-state index contributed by atoms with van der Waals surface area (Å²) in [7, 11) is -3.83. The highest BCUT2D eigenvalue weighted by atomic mass is 32.2. The Bertz CT molecular complexity index is 712. The fraction of sp³-hybridized carbons (Fsp3) is 0.0833. The minimum Gasteiger partial charge on any atom is -0.368 e. The van der Waals surface area contributed by atoms with Crippen molar-refractivity contribution >= 4 is 26.7 Å². The van der Waals surface area contributed by atoms with Crippen LogP contribution < -0.4 is 10.6 Å². The van der Waals surface area contributed by atoms with Crippen molar-refractivity contribution in [2.75, 3.05) is 6.61 Å². The van der Waals surface area contributed by atoms with Gasteiger partial charge in [-0.15, -0.1) is 0 Å². The van der Waals surface area contributed by atoms with Crippen molar-refractivity contribution in [3.63, 3.8) is 0 Å². The molecule has 0 aliphatic carbocycles. The van der Waals surface area contributed by atoms with E-state index in [2.05, 4.69) is 4.84 Å². The number of benzene rings is 2. The summed E-state index contributed by atoms with van der Waals surface area (Å²) in [5.74, 6) is -0.763. The van der Waals surface area contributed by atoms with Gasteiger partial charge in [-0.05, 0) is 22.9 Å². The van der Waals surface area contributed by atoms with Crippen LogP contribution in [0.2, 0.25) is 0 Å². The number of nitrogens with one attached hydrogen (secondary N) is 1. The van der Waals surface area contributed by atoms with Crippen molar-refractivity contribution in [2.45, 2.75) is 4.90 Å². The molecule has 0 radical (unpaired) electrons. The maximum absolute atomic E-state index is 11.9. The van der Waals surface area contributed by atoms with Gasteiger partial charge < -0.3 is 5.73 Å². The lowest BCUT2D eigenvalue weighted by molar-refractivity contribution is -0.123. The van der Waals surface area contributed by atoms with E-state index in [1.807, 2.05) is 23.1 Å².